The molecule has 23 heavy (non-hydrogen) atoms. The maximum absolute atomic E-state index is 12.0. The van der Waals surface area contributed by atoms with Crippen molar-refractivity contribution in [3.63, 3.8) is 0 Å². The van der Waals surface area contributed by atoms with E-state index in [9.17, 15) is 19.2 Å². The van der Waals surface area contributed by atoms with Crippen molar-refractivity contribution in [1.82, 2.24) is 0 Å². The molecule has 0 atom stereocenters. The third-order valence-corrected chi connectivity index (χ3v) is 3.95. The fourth-order valence-electron chi connectivity index (χ4n) is 2.04. The second-order valence-corrected chi connectivity index (χ2v) is 5.31. The average molecular weight is 316 g/mol. The summed E-state index contributed by atoms with van der Waals surface area (Å²) in [6.45, 7) is 5.75. The first-order chi connectivity index (χ1) is 10.7. The van der Waals surface area contributed by atoms with Gasteiger partial charge >= 0.3 is 0 Å². The molecule has 0 spiro atoms. The van der Waals surface area contributed by atoms with Gasteiger partial charge in [0.15, 0.2) is 23.1 Å². The summed E-state index contributed by atoms with van der Waals surface area (Å²) in [5.74, 6) is -1.71. The summed E-state index contributed by atoms with van der Waals surface area (Å²) >= 11 is 0. The lowest BCUT2D eigenvalue weighted by Gasteiger charge is -2.18. The summed E-state index contributed by atoms with van der Waals surface area (Å²) in [5, 5.41) is 0. The van der Waals surface area contributed by atoms with Crippen LogP contribution in [0.1, 0.15) is 27.7 Å². The minimum absolute atomic E-state index is 0.142. The van der Waals surface area contributed by atoms with Gasteiger partial charge in [-0.05, 0) is 27.7 Å². The number of allylic oxidation sites excluding steroid dienone is 6. The molecule has 0 fully saturated rings. The molecule has 0 aliphatic heterocycles. The van der Waals surface area contributed by atoms with Crippen molar-refractivity contribution in [1.29, 1.82) is 0 Å². The third kappa shape index (κ3) is 3.06. The summed E-state index contributed by atoms with van der Waals surface area (Å²) in [6.07, 6.45) is 2.18. The van der Waals surface area contributed by atoms with E-state index in [1.807, 2.05) is 0 Å². The van der Waals surface area contributed by atoms with Crippen molar-refractivity contribution in [3.8, 4) is 0 Å². The molecule has 0 radical (unpaired) electrons. The minimum Gasteiger partial charge on any atom is -0.453 e. The maximum atomic E-state index is 12.0. The Morgan fingerprint density at radius 2 is 1.00 bits per heavy atom. The first-order valence-corrected chi connectivity index (χ1v) is 6.96. The summed E-state index contributed by atoms with van der Waals surface area (Å²) in [7, 11) is 0. The molecule has 0 amide bonds. The van der Waals surface area contributed by atoms with E-state index in [4.69, 9.17) is 9.47 Å². The predicted octanol–water partition coefficient (Wildman–Crippen LogP) is 1.72. The van der Waals surface area contributed by atoms with E-state index in [1.54, 1.807) is 13.8 Å². The highest BCUT2D eigenvalue weighted by molar-refractivity contribution is 6.22. The Bertz CT molecular complexity index is 694. The quantitative estimate of drug-likeness (QED) is 0.580. The normalized spacial score (nSPS) is 19.1. The highest BCUT2D eigenvalue weighted by Crippen LogP contribution is 2.21. The molecule has 0 saturated heterocycles. The van der Waals surface area contributed by atoms with Crippen LogP contribution in [-0.4, -0.2) is 29.9 Å². The highest BCUT2D eigenvalue weighted by atomic mass is 16.7. The molecule has 0 N–H and O–H groups in total. The van der Waals surface area contributed by atoms with E-state index < -0.39 is 18.4 Å². The van der Waals surface area contributed by atoms with E-state index in [1.165, 1.54) is 13.8 Å². The van der Waals surface area contributed by atoms with Crippen molar-refractivity contribution in [3.05, 3.63) is 46.0 Å². The van der Waals surface area contributed by atoms with Gasteiger partial charge in [0.2, 0.25) is 18.4 Å². The lowest BCUT2D eigenvalue weighted by molar-refractivity contribution is -0.123. The average Bonchev–Trinajstić information content (AvgIpc) is 2.52. The van der Waals surface area contributed by atoms with Crippen LogP contribution in [0, 0.1) is 0 Å². The number of carbonyl (C=O) groups is 4. The lowest BCUT2D eigenvalue weighted by atomic mass is 9.96. The van der Waals surface area contributed by atoms with E-state index in [0.29, 0.717) is 22.3 Å². The largest absolute Gasteiger partial charge is 0.453 e. The molecule has 0 aromatic rings. The van der Waals surface area contributed by atoms with Gasteiger partial charge in [0.25, 0.3) is 0 Å². The van der Waals surface area contributed by atoms with Crippen molar-refractivity contribution in [2.75, 3.05) is 6.79 Å². The zero-order chi connectivity index (χ0) is 17.3. The van der Waals surface area contributed by atoms with Crippen molar-refractivity contribution in [2.24, 2.45) is 0 Å². The smallest absolute Gasteiger partial charge is 0.231 e. The molecule has 0 aromatic heterocycles. The number of rotatable bonds is 4. The third-order valence-electron chi connectivity index (χ3n) is 3.95. The number of ketones is 4. The number of hydrogen-bond acceptors (Lipinski definition) is 6. The van der Waals surface area contributed by atoms with Crippen molar-refractivity contribution < 1.29 is 28.7 Å². The highest BCUT2D eigenvalue weighted by Gasteiger charge is 2.26. The first-order valence-electron chi connectivity index (χ1n) is 6.96. The second kappa shape index (κ2) is 6.16. The van der Waals surface area contributed by atoms with Crippen LogP contribution in [0.4, 0.5) is 0 Å². The molecule has 2 aliphatic carbocycles. The maximum Gasteiger partial charge on any atom is 0.231 e. The topological polar surface area (TPSA) is 86.7 Å². The van der Waals surface area contributed by atoms with Crippen molar-refractivity contribution >= 4 is 23.1 Å². The van der Waals surface area contributed by atoms with Gasteiger partial charge in [0, 0.05) is 34.4 Å². The Labute approximate surface area is 133 Å². The SMILES string of the molecule is CC1=C(C)C(=O)C(OCOC2=CC(=O)C(C)=C(C)C2=O)=CC1=O. The molecule has 2 aliphatic rings. The van der Waals surface area contributed by atoms with Crippen LogP contribution in [0.3, 0.4) is 0 Å². The Morgan fingerprint density at radius 3 is 1.35 bits per heavy atom. The molecule has 0 saturated carbocycles. The van der Waals surface area contributed by atoms with Crippen LogP contribution < -0.4 is 0 Å². The summed E-state index contributed by atoms with van der Waals surface area (Å²) in [6, 6.07) is 0. The molecule has 0 bridgehead atoms. The fraction of sp³-hybridized carbons (Fsp3) is 0.294. The Balaban J connectivity index is 2.02. The fourth-order valence-corrected chi connectivity index (χ4v) is 2.04. The van der Waals surface area contributed by atoms with Gasteiger partial charge in [-0.25, -0.2) is 0 Å². The van der Waals surface area contributed by atoms with E-state index in [-0.39, 0.29) is 23.1 Å². The summed E-state index contributed by atoms with van der Waals surface area (Å²) in [4.78, 5) is 47.3. The molecular weight excluding hydrogens is 300 g/mol. The summed E-state index contributed by atoms with van der Waals surface area (Å²) in [5.41, 5.74) is 1.36. The van der Waals surface area contributed by atoms with Crippen LogP contribution in [0.5, 0.6) is 0 Å². The minimum atomic E-state index is -0.450. The second-order valence-electron chi connectivity index (χ2n) is 5.31. The zero-order valence-electron chi connectivity index (χ0n) is 13.3. The van der Waals surface area contributed by atoms with E-state index in [0.717, 1.165) is 12.2 Å². The molecule has 6 nitrogen and oxygen atoms in total. The summed E-state index contributed by atoms with van der Waals surface area (Å²) < 4.78 is 10.3. The Kier molecular flexibility index (Phi) is 4.45. The molecule has 0 aromatic carbocycles. The number of ether oxygens (including phenoxy) is 2. The molecule has 0 heterocycles. The molecule has 6 heteroatoms. The standard InChI is InChI=1S/C17H16O6/c1-8-10(3)16(20)14(5-12(8)18)22-7-23-15-6-13(19)9(2)11(4)17(15)21/h5-6H,7H2,1-4H3. The van der Waals surface area contributed by atoms with Crippen molar-refractivity contribution in [2.45, 2.75) is 27.7 Å². The molecule has 120 valence electrons. The van der Waals surface area contributed by atoms with Gasteiger partial charge in [0.05, 0.1) is 0 Å². The van der Waals surface area contributed by atoms with Gasteiger partial charge < -0.3 is 9.47 Å². The molecule has 0 unspecified atom stereocenters. The van der Waals surface area contributed by atoms with Gasteiger partial charge in [-0.2, -0.15) is 0 Å². The van der Waals surface area contributed by atoms with Gasteiger partial charge in [-0.1, -0.05) is 0 Å². The number of hydrogen-bond donors (Lipinski definition) is 0. The monoisotopic (exact) mass is 316 g/mol. The van der Waals surface area contributed by atoms with Gasteiger partial charge in [-0.15, -0.1) is 0 Å². The van der Waals surface area contributed by atoms with Crippen LogP contribution in [0.15, 0.2) is 46.0 Å². The number of carbonyl (C=O) groups excluding carboxylic acids is 4. The first kappa shape index (κ1) is 16.6. The van der Waals surface area contributed by atoms with Gasteiger partial charge in [-0.3, -0.25) is 19.2 Å². The van der Waals surface area contributed by atoms with Crippen LogP contribution in [0.25, 0.3) is 0 Å². The van der Waals surface area contributed by atoms with E-state index >= 15 is 0 Å². The molecular formula is C17H16O6. The zero-order valence-corrected chi connectivity index (χ0v) is 13.3. The van der Waals surface area contributed by atoms with Crippen LogP contribution >= 0.6 is 0 Å². The Morgan fingerprint density at radius 1 is 0.652 bits per heavy atom. The van der Waals surface area contributed by atoms with Gasteiger partial charge in [0.1, 0.15) is 0 Å². The van der Waals surface area contributed by atoms with Crippen LogP contribution in [0.2, 0.25) is 0 Å². The lowest BCUT2D eigenvalue weighted by Crippen LogP contribution is -2.21. The number of Topliss-reactive ketones (excluding diaryl/α,β-unsaturated/α-hetero) is 2. The van der Waals surface area contributed by atoms with Crippen LogP contribution in [-0.2, 0) is 28.7 Å². The molecule has 2 rings (SSSR count). The van der Waals surface area contributed by atoms with E-state index in [2.05, 4.69) is 0 Å². The predicted molar refractivity (Wildman–Crippen MR) is 80.0 cm³/mol. The Hall–Kier alpha value is -2.76.